The van der Waals surface area contributed by atoms with Gasteiger partial charge in [0.15, 0.2) is 0 Å². The number of fused-ring (bicyclic) bond motifs is 5. The molecule has 0 aromatic carbocycles. The molecule has 0 aromatic rings. The third kappa shape index (κ3) is 2.52. The summed E-state index contributed by atoms with van der Waals surface area (Å²) in [4.78, 5) is 0. The first-order valence-corrected chi connectivity index (χ1v) is 10.8. The standard InChI is InChI=1S/C20H34O.C2H6/c1-3-20-13-11-16-15(17(20)9-10-18(20)21)8-7-14-6-4-5-12-19(14,16)2;1-2/h14-18,21H,3-13H2,1-2H3;1-2H3. The average Bonchev–Trinajstić information content (AvgIpc) is 2.93. The van der Waals surface area contributed by atoms with Gasteiger partial charge in [-0.1, -0.05) is 40.5 Å². The van der Waals surface area contributed by atoms with Crippen LogP contribution in [0.25, 0.3) is 0 Å². The van der Waals surface area contributed by atoms with Crippen molar-refractivity contribution in [2.45, 2.75) is 104 Å². The van der Waals surface area contributed by atoms with Gasteiger partial charge in [-0.05, 0) is 92.3 Å². The Balaban J connectivity index is 0.000000753. The van der Waals surface area contributed by atoms with Crippen LogP contribution in [0.1, 0.15) is 98.3 Å². The minimum Gasteiger partial charge on any atom is -0.393 e. The van der Waals surface area contributed by atoms with Gasteiger partial charge in [0, 0.05) is 0 Å². The van der Waals surface area contributed by atoms with Crippen LogP contribution < -0.4 is 0 Å². The van der Waals surface area contributed by atoms with Crippen LogP contribution in [0.5, 0.6) is 0 Å². The number of aliphatic hydroxyl groups excluding tert-OH is 1. The second kappa shape index (κ2) is 6.70. The molecule has 0 aliphatic heterocycles. The van der Waals surface area contributed by atoms with E-state index in [4.69, 9.17) is 0 Å². The first-order chi connectivity index (χ1) is 11.1. The van der Waals surface area contributed by atoms with Crippen LogP contribution in [0.4, 0.5) is 0 Å². The Bertz CT molecular complexity index is 405. The molecular formula is C22H40O. The van der Waals surface area contributed by atoms with Gasteiger partial charge in [0.1, 0.15) is 0 Å². The minimum atomic E-state index is 0.00494. The molecule has 0 bridgehead atoms. The van der Waals surface area contributed by atoms with Gasteiger partial charge in [-0.15, -0.1) is 0 Å². The van der Waals surface area contributed by atoms with Gasteiger partial charge in [-0.25, -0.2) is 0 Å². The molecule has 0 amide bonds. The molecule has 0 saturated heterocycles. The molecule has 4 aliphatic carbocycles. The summed E-state index contributed by atoms with van der Waals surface area (Å²) in [6.45, 7) is 8.99. The lowest BCUT2D eigenvalue weighted by Gasteiger charge is -2.60. The molecule has 134 valence electrons. The van der Waals surface area contributed by atoms with Crippen LogP contribution in [0.15, 0.2) is 0 Å². The molecule has 4 aliphatic rings. The predicted molar refractivity (Wildman–Crippen MR) is 98.3 cm³/mol. The predicted octanol–water partition coefficient (Wildman–Crippen LogP) is 6.20. The SMILES string of the molecule is CC.CCC12CCC3C(CCC4CCCCC43C)C1CCC2O. The normalized spacial score (nSPS) is 51.8. The zero-order valence-electron chi connectivity index (χ0n) is 16.1. The molecule has 7 unspecified atom stereocenters. The van der Waals surface area contributed by atoms with E-state index >= 15 is 0 Å². The number of rotatable bonds is 1. The van der Waals surface area contributed by atoms with Crippen molar-refractivity contribution in [1.82, 2.24) is 0 Å². The Kier molecular flexibility index (Phi) is 5.17. The first-order valence-electron chi connectivity index (χ1n) is 10.8. The third-order valence-corrected chi connectivity index (χ3v) is 8.91. The van der Waals surface area contributed by atoms with Crippen LogP contribution in [-0.4, -0.2) is 11.2 Å². The van der Waals surface area contributed by atoms with Crippen LogP contribution in [0.3, 0.4) is 0 Å². The van der Waals surface area contributed by atoms with E-state index in [1.807, 2.05) is 13.8 Å². The van der Waals surface area contributed by atoms with Crippen molar-refractivity contribution < 1.29 is 5.11 Å². The molecule has 0 aromatic heterocycles. The highest BCUT2D eigenvalue weighted by Gasteiger charge is 2.60. The summed E-state index contributed by atoms with van der Waals surface area (Å²) in [5, 5.41) is 10.7. The largest absolute Gasteiger partial charge is 0.393 e. The molecule has 23 heavy (non-hydrogen) atoms. The molecule has 4 fully saturated rings. The summed E-state index contributed by atoms with van der Waals surface area (Å²) in [6.07, 6.45) is 15.3. The molecule has 4 saturated carbocycles. The second-order valence-electron chi connectivity index (χ2n) is 9.12. The molecule has 0 heterocycles. The summed E-state index contributed by atoms with van der Waals surface area (Å²) in [5.74, 6) is 3.78. The fraction of sp³-hybridized carbons (Fsp3) is 1.00. The van der Waals surface area contributed by atoms with E-state index in [-0.39, 0.29) is 6.10 Å². The van der Waals surface area contributed by atoms with Crippen LogP contribution in [0, 0.1) is 34.5 Å². The van der Waals surface area contributed by atoms with Gasteiger partial charge in [0.05, 0.1) is 6.10 Å². The summed E-state index contributed by atoms with van der Waals surface area (Å²) < 4.78 is 0. The van der Waals surface area contributed by atoms with Crippen molar-refractivity contribution in [3.8, 4) is 0 Å². The van der Waals surface area contributed by atoms with Crippen molar-refractivity contribution >= 4 is 0 Å². The van der Waals surface area contributed by atoms with E-state index in [1.54, 1.807) is 0 Å². The molecule has 4 rings (SSSR count). The molecule has 7 atom stereocenters. The topological polar surface area (TPSA) is 20.2 Å². The fourth-order valence-electron chi connectivity index (χ4n) is 7.75. The highest BCUT2D eigenvalue weighted by atomic mass is 16.3. The third-order valence-electron chi connectivity index (χ3n) is 8.91. The molecular weight excluding hydrogens is 280 g/mol. The highest BCUT2D eigenvalue weighted by molar-refractivity contribution is 5.09. The molecule has 1 N–H and O–H groups in total. The lowest BCUT2D eigenvalue weighted by atomic mass is 9.45. The molecule has 1 heteroatoms. The second-order valence-corrected chi connectivity index (χ2v) is 9.12. The van der Waals surface area contributed by atoms with Gasteiger partial charge >= 0.3 is 0 Å². The lowest BCUT2D eigenvalue weighted by Crippen LogP contribution is -2.53. The maximum atomic E-state index is 10.7. The van der Waals surface area contributed by atoms with Crippen molar-refractivity contribution in [1.29, 1.82) is 0 Å². The van der Waals surface area contributed by atoms with Crippen molar-refractivity contribution in [2.24, 2.45) is 34.5 Å². The number of aliphatic hydroxyl groups is 1. The van der Waals surface area contributed by atoms with Gasteiger partial charge in [-0.3, -0.25) is 0 Å². The van der Waals surface area contributed by atoms with Crippen molar-refractivity contribution in [3.63, 3.8) is 0 Å². The monoisotopic (exact) mass is 320 g/mol. The fourth-order valence-corrected chi connectivity index (χ4v) is 7.75. The summed E-state index contributed by atoms with van der Waals surface area (Å²) in [5.41, 5.74) is 0.952. The Morgan fingerprint density at radius 1 is 0.870 bits per heavy atom. The van der Waals surface area contributed by atoms with Gasteiger partial charge in [0.25, 0.3) is 0 Å². The minimum absolute atomic E-state index is 0.00494. The lowest BCUT2D eigenvalue weighted by molar-refractivity contribution is -0.127. The number of hydrogen-bond acceptors (Lipinski definition) is 1. The van der Waals surface area contributed by atoms with Gasteiger partial charge in [0.2, 0.25) is 0 Å². The Morgan fingerprint density at radius 2 is 1.65 bits per heavy atom. The Hall–Kier alpha value is -0.0400. The van der Waals surface area contributed by atoms with Gasteiger partial charge < -0.3 is 5.11 Å². The van der Waals surface area contributed by atoms with E-state index in [9.17, 15) is 5.11 Å². The Morgan fingerprint density at radius 3 is 2.39 bits per heavy atom. The summed E-state index contributed by atoms with van der Waals surface area (Å²) in [6, 6.07) is 0. The zero-order chi connectivity index (χ0) is 16.7. The van der Waals surface area contributed by atoms with Gasteiger partial charge in [-0.2, -0.15) is 0 Å². The first kappa shape index (κ1) is 17.8. The molecule has 0 spiro atoms. The quantitative estimate of drug-likeness (QED) is 0.610. The summed E-state index contributed by atoms with van der Waals surface area (Å²) >= 11 is 0. The highest BCUT2D eigenvalue weighted by Crippen LogP contribution is 2.66. The van der Waals surface area contributed by atoms with Crippen molar-refractivity contribution in [3.05, 3.63) is 0 Å². The van der Waals surface area contributed by atoms with Crippen molar-refractivity contribution in [2.75, 3.05) is 0 Å². The smallest absolute Gasteiger partial charge is 0.0599 e. The van der Waals surface area contributed by atoms with E-state index < -0.39 is 0 Å². The molecule has 1 nitrogen and oxygen atoms in total. The maximum Gasteiger partial charge on any atom is 0.0599 e. The molecule has 0 radical (unpaired) electrons. The van der Waals surface area contributed by atoms with E-state index in [1.165, 1.54) is 64.2 Å². The van der Waals surface area contributed by atoms with E-state index in [0.29, 0.717) is 10.8 Å². The maximum absolute atomic E-state index is 10.7. The van der Waals surface area contributed by atoms with Crippen LogP contribution in [0.2, 0.25) is 0 Å². The summed E-state index contributed by atoms with van der Waals surface area (Å²) in [7, 11) is 0. The zero-order valence-corrected chi connectivity index (χ0v) is 16.1. The van der Waals surface area contributed by atoms with E-state index in [2.05, 4.69) is 13.8 Å². The Labute approximate surface area is 144 Å². The van der Waals surface area contributed by atoms with E-state index in [0.717, 1.165) is 30.1 Å². The van der Waals surface area contributed by atoms with Crippen LogP contribution in [-0.2, 0) is 0 Å². The average molecular weight is 321 g/mol. The van der Waals surface area contributed by atoms with Crippen LogP contribution >= 0.6 is 0 Å². The number of hydrogen-bond donors (Lipinski definition) is 1.